The van der Waals surface area contributed by atoms with E-state index in [1.165, 1.54) is 24.3 Å². The molecule has 7 heteroatoms. The number of nitrogens with zero attached hydrogens (tertiary/aromatic N) is 1. The first-order chi connectivity index (χ1) is 13.6. The molecular weight excluding hydrogens is 366 g/mol. The standard InChI is InChI=1S/C21H22F2N2O3/c22-17-5-1-15(2-6-17)3-8-21(27)24-19(14-26)16-4-7-18(23)20(13-16)25-9-11-28-12-10-25/h1-8,13,19,26H,9-12,14H2,(H,24,27). The second kappa shape index (κ2) is 9.43. The minimum atomic E-state index is -0.675. The van der Waals surface area contributed by atoms with Crippen LogP contribution in [0, 0.1) is 11.6 Å². The molecule has 1 fully saturated rings. The van der Waals surface area contributed by atoms with Crippen molar-refractivity contribution in [1.82, 2.24) is 5.32 Å². The molecule has 148 valence electrons. The maximum Gasteiger partial charge on any atom is 0.244 e. The van der Waals surface area contributed by atoms with Crippen LogP contribution in [0.15, 0.2) is 48.5 Å². The van der Waals surface area contributed by atoms with Crippen molar-refractivity contribution in [3.05, 3.63) is 71.3 Å². The van der Waals surface area contributed by atoms with Crippen molar-refractivity contribution in [3.8, 4) is 0 Å². The summed E-state index contributed by atoms with van der Waals surface area (Å²) in [7, 11) is 0. The fourth-order valence-corrected chi connectivity index (χ4v) is 2.99. The topological polar surface area (TPSA) is 61.8 Å². The lowest BCUT2D eigenvalue weighted by Gasteiger charge is -2.30. The number of hydrogen-bond acceptors (Lipinski definition) is 4. The molecule has 5 nitrogen and oxygen atoms in total. The van der Waals surface area contributed by atoms with E-state index < -0.39 is 11.9 Å². The number of hydrogen-bond donors (Lipinski definition) is 2. The molecule has 1 aliphatic heterocycles. The molecule has 28 heavy (non-hydrogen) atoms. The smallest absolute Gasteiger partial charge is 0.244 e. The summed E-state index contributed by atoms with van der Waals surface area (Å²) in [6, 6.07) is 9.57. The summed E-state index contributed by atoms with van der Waals surface area (Å²) in [5.74, 6) is -1.13. The molecule has 1 heterocycles. The van der Waals surface area contributed by atoms with Gasteiger partial charge in [0.25, 0.3) is 0 Å². The Labute approximate surface area is 162 Å². The van der Waals surface area contributed by atoms with Gasteiger partial charge in [0.15, 0.2) is 0 Å². The lowest BCUT2D eigenvalue weighted by Crippen LogP contribution is -2.37. The van der Waals surface area contributed by atoms with E-state index in [1.54, 1.807) is 30.3 Å². The van der Waals surface area contributed by atoms with Crippen molar-refractivity contribution >= 4 is 17.7 Å². The average molecular weight is 388 g/mol. The quantitative estimate of drug-likeness (QED) is 0.747. The van der Waals surface area contributed by atoms with E-state index in [9.17, 15) is 18.7 Å². The number of aliphatic hydroxyl groups is 1. The highest BCUT2D eigenvalue weighted by Crippen LogP contribution is 2.25. The summed E-state index contributed by atoms with van der Waals surface area (Å²) in [6.07, 6.45) is 2.86. The average Bonchev–Trinajstić information content (AvgIpc) is 2.73. The molecule has 1 saturated heterocycles. The molecule has 0 saturated carbocycles. The van der Waals surface area contributed by atoms with Crippen molar-refractivity contribution in [1.29, 1.82) is 0 Å². The molecule has 2 aromatic carbocycles. The largest absolute Gasteiger partial charge is 0.394 e. The predicted octanol–water partition coefficient (Wildman–Crippen LogP) is 2.66. The van der Waals surface area contributed by atoms with Crippen LogP contribution in [-0.2, 0) is 9.53 Å². The molecule has 0 spiro atoms. The third-order valence-corrected chi connectivity index (χ3v) is 4.52. The van der Waals surface area contributed by atoms with E-state index in [4.69, 9.17) is 4.74 Å². The molecule has 0 aromatic heterocycles. The Kier molecular flexibility index (Phi) is 6.73. The van der Waals surface area contributed by atoms with Crippen LogP contribution in [0.2, 0.25) is 0 Å². The van der Waals surface area contributed by atoms with Gasteiger partial charge in [-0.2, -0.15) is 0 Å². The number of ether oxygens (including phenoxy) is 1. The molecule has 1 amide bonds. The zero-order chi connectivity index (χ0) is 19.9. The fourth-order valence-electron chi connectivity index (χ4n) is 2.99. The van der Waals surface area contributed by atoms with Crippen molar-refractivity contribution in [2.75, 3.05) is 37.8 Å². The SMILES string of the molecule is O=C(C=Cc1ccc(F)cc1)NC(CO)c1ccc(F)c(N2CCOCC2)c1. The van der Waals surface area contributed by atoms with Gasteiger partial charge in [0.2, 0.25) is 5.91 Å². The first kappa shape index (κ1) is 20.0. The first-order valence-corrected chi connectivity index (χ1v) is 9.04. The van der Waals surface area contributed by atoms with Gasteiger partial charge in [0, 0.05) is 19.2 Å². The van der Waals surface area contributed by atoms with E-state index in [-0.39, 0.29) is 18.2 Å². The summed E-state index contributed by atoms with van der Waals surface area (Å²) >= 11 is 0. The number of anilines is 1. The maximum absolute atomic E-state index is 14.3. The van der Waals surface area contributed by atoms with Gasteiger partial charge in [0.1, 0.15) is 11.6 Å². The van der Waals surface area contributed by atoms with Gasteiger partial charge in [-0.1, -0.05) is 18.2 Å². The van der Waals surface area contributed by atoms with Gasteiger partial charge in [-0.25, -0.2) is 8.78 Å². The second-order valence-corrected chi connectivity index (χ2v) is 6.44. The number of benzene rings is 2. The Morgan fingerprint density at radius 3 is 2.57 bits per heavy atom. The minimum absolute atomic E-state index is 0.329. The van der Waals surface area contributed by atoms with Crippen LogP contribution in [-0.4, -0.2) is 43.9 Å². The maximum atomic E-state index is 14.3. The third kappa shape index (κ3) is 5.15. The monoisotopic (exact) mass is 388 g/mol. The van der Waals surface area contributed by atoms with Gasteiger partial charge >= 0.3 is 0 Å². The molecule has 0 radical (unpaired) electrons. The third-order valence-electron chi connectivity index (χ3n) is 4.52. The number of nitrogens with one attached hydrogen (secondary N) is 1. The summed E-state index contributed by atoms with van der Waals surface area (Å²) in [6.45, 7) is 1.88. The number of halogens is 2. The number of carbonyl (C=O) groups excluding carboxylic acids is 1. The van der Waals surface area contributed by atoms with Crippen molar-refractivity contribution < 1.29 is 23.4 Å². The summed E-state index contributed by atoms with van der Waals surface area (Å²) in [5, 5.41) is 12.4. The van der Waals surface area contributed by atoms with Gasteiger partial charge in [-0.15, -0.1) is 0 Å². The zero-order valence-electron chi connectivity index (χ0n) is 15.3. The number of carbonyl (C=O) groups is 1. The number of amides is 1. The van der Waals surface area contributed by atoms with E-state index in [2.05, 4.69) is 5.32 Å². The van der Waals surface area contributed by atoms with E-state index in [0.717, 1.165) is 0 Å². The number of morpholine rings is 1. The highest BCUT2D eigenvalue weighted by Gasteiger charge is 2.19. The van der Waals surface area contributed by atoms with Crippen LogP contribution in [0.5, 0.6) is 0 Å². The van der Waals surface area contributed by atoms with Gasteiger partial charge in [0.05, 0.1) is 31.5 Å². The van der Waals surface area contributed by atoms with Crippen LogP contribution in [0.4, 0.5) is 14.5 Å². The van der Waals surface area contributed by atoms with Crippen molar-refractivity contribution in [2.24, 2.45) is 0 Å². The lowest BCUT2D eigenvalue weighted by atomic mass is 10.1. The molecule has 0 bridgehead atoms. The predicted molar refractivity (Wildman–Crippen MR) is 103 cm³/mol. The Morgan fingerprint density at radius 2 is 1.89 bits per heavy atom. The van der Waals surface area contributed by atoms with Crippen molar-refractivity contribution in [3.63, 3.8) is 0 Å². The van der Waals surface area contributed by atoms with Crippen LogP contribution in [0.25, 0.3) is 6.08 Å². The highest BCUT2D eigenvalue weighted by molar-refractivity contribution is 5.92. The van der Waals surface area contributed by atoms with Crippen LogP contribution < -0.4 is 10.2 Å². The molecule has 0 aliphatic carbocycles. The molecule has 1 atom stereocenters. The van der Waals surface area contributed by atoms with E-state index >= 15 is 0 Å². The number of rotatable bonds is 6. The molecule has 2 aromatic rings. The molecule has 1 aliphatic rings. The lowest BCUT2D eigenvalue weighted by molar-refractivity contribution is -0.117. The fraction of sp³-hybridized carbons (Fsp3) is 0.286. The Balaban J connectivity index is 1.70. The van der Waals surface area contributed by atoms with Crippen LogP contribution in [0.3, 0.4) is 0 Å². The Morgan fingerprint density at radius 1 is 1.18 bits per heavy atom. The summed E-state index contributed by atoms with van der Waals surface area (Å²) < 4.78 is 32.5. The van der Waals surface area contributed by atoms with Gasteiger partial charge in [-0.3, -0.25) is 4.79 Å². The van der Waals surface area contributed by atoms with E-state index in [1.807, 2.05) is 4.90 Å². The summed E-state index contributed by atoms with van der Waals surface area (Å²) in [4.78, 5) is 14.1. The van der Waals surface area contributed by atoms with Crippen molar-refractivity contribution in [2.45, 2.75) is 6.04 Å². The molecular formula is C21H22F2N2O3. The normalized spacial score (nSPS) is 15.6. The van der Waals surface area contributed by atoms with Gasteiger partial charge < -0.3 is 20.1 Å². The van der Waals surface area contributed by atoms with Crippen LogP contribution >= 0.6 is 0 Å². The zero-order valence-corrected chi connectivity index (χ0v) is 15.3. The first-order valence-electron chi connectivity index (χ1n) is 9.04. The summed E-state index contributed by atoms with van der Waals surface area (Å²) in [5.41, 5.74) is 1.71. The second-order valence-electron chi connectivity index (χ2n) is 6.44. The van der Waals surface area contributed by atoms with E-state index in [0.29, 0.717) is 43.1 Å². The molecule has 3 rings (SSSR count). The van der Waals surface area contributed by atoms with Gasteiger partial charge in [-0.05, 0) is 41.5 Å². The number of aliphatic hydroxyl groups excluding tert-OH is 1. The molecule has 2 N–H and O–H groups in total. The Bertz CT molecular complexity index is 834. The highest BCUT2D eigenvalue weighted by atomic mass is 19.1. The minimum Gasteiger partial charge on any atom is -0.394 e. The Hall–Kier alpha value is -2.77. The molecule has 1 unspecified atom stereocenters. The van der Waals surface area contributed by atoms with Crippen LogP contribution in [0.1, 0.15) is 17.2 Å².